The van der Waals surface area contributed by atoms with Gasteiger partial charge in [0.25, 0.3) is 0 Å². The highest BCUT2D eigenvalue weighted by Crippen LogP contribution is 2.37. The summed E-state index contributed by atoms with van der Waals surface area (Å²) in [5.41, 5.74) is 1.72. The molecule has 1 aliphatic heterocycles. The molecule has 0 saturated carbocycles. The Kier molecular flexibility index (Phi) is 4.98. The van der Waals surface area contributed by atoms with Gasteiger partial charge in [-0.05, 0) is 42.3 Å². The maximum atomic E-state index is 12.3. The van der Waals surface area contributed by atoms with Gasteiger partial charge in [-0.25, -0.2) is 4.79 Å². The molecular formula is C17H17ClN2O2S. The second-order valence-electron chi connectivity index (χ2n) is 5.17. The van der Waals surface area contributed by atoms with Crippen LogP contribution in [0, 0.1) is 0 Å². The molecule has 23 heavy (non-hydrogen) atoms. The minimum Gasteiger partial charge on any atom is -0.495 e. The molecule has 120 valence electrons. The van der Waals surface area contributed by atoms with Crippen molar-refractivity contribution in [3.8, 4) is 5.75 Å². The molecule has 1 heterocycles. The molecule has 0 bridgehead atoms. The molecule has 0 spiro atoms. The first kappa shape index (κ1) is 16.0. The number of urea groups is 1. The third-order valence-electron chi connectivity index (χ3n) is 3.67. The zero-order valence-corrected chi connectivity index (χ0v) is 14.2. The average molecular weight is 349 g/mol. The smallest absolute Gasteiger partial charge is 0.319 e. The van der Waals surface area contributed by atoms with Crippen molar-refractivity contribution in [1.82, 2.24) is 5.32 Å². The van der Waals surface area contributed by atoms with Crippen molar-refractivity contribution in [3.63, 3.8) is 0 Å². The summed E-state index contributed by atoms with van der Waals surface area (Å²) in [5.74, 6) is 1.60. The second-order valence-corrected chi connectivity index (χ2v) is 6.74. The summed E-state index contributed by atoms with van der Waals surface area (Å²) in [5, 5.41) is 6.55. The number of para-hydroxylation sites is 2. The van der Waals surface area contributed by atoms with E-state index in [0.29, 0.717) is 16.5 Å². The first-order chi connectivity index (χ1) is 11.2. The number of halogens is 1. The van der Waals surface area contributed by atoms with E-state index in [-0.39, 0.29) is 12.1 Å². The number of nitrogens with one attached hydrogen (secondary N) is 2. The average Bonchev–Trinajstić information content (AvgIpc) is 2.56. The largest absolute Gasteiger partial charge is 0.495 e. The molecule has 2 aromatic rings. The number of carbonyl (C=O) groups is 1. The standard InChI is InChI=1S/C17H17ClN2O2S/c1-22-15-5-3-2-4-14(15)20-17(21)19-13-8-9-23-16-7-6-11(18)10-12(13)16/h2-7,10,13H,8-9H2,1H3,(H2,19,20,21)/t13-/m0/s1. The molecule has 0 fully saturated rings. The van der Waals surface area contributed by atoms with Crippen LogP contribution in [0.5, 0.6) is 5.75 Å². The van der Waals surface area contributed by atoms with E-state index in [1.807, 2.05) is 36.4 Å². The van der Waals surface area contributed by atoms with E-state index < -0.39 is 0 Å². The lowest BCUT2D eigenvalue weighted by atomic mass is 10.0. The van der Waals surface area contributed by atoms with Gasteiger partial charge in [-0.3, -0.25) is 0 Å². The number of anilines is 1. The minimum absolute atomic E-state index is 0.0420. The van der Waals surface area contributed by atoms with Gasteiger partial charge in [0, 0.05) is 15.7 Å². The van der Waals surface area contributed by atoms with Gasteiger partial charge in [0.15, 0.2) is 0 Å². The summed E-state index contributed by atoms with van der Waals surface area (Å²) < 4.78 is 5.24. The molecule has 2 N–H and O–H groups in total. The molecule has 4 nitrogen and oxygen atoms in total. The van der Waals surface area contributed by atoms with Gasteiger partial charge in [-0.2, -0.15) is 0 Å². The Labute approximate surface area is 144 Å². The van der Waals surface area contributed by atoms with Gasteiger partial charge in [0.2, 0.25) is 0 Å². The number of benzene rings is 2. The Hall–Kier alpha value is -1.85. The minimum atomic E-state index is -0.252. The van der Waals surface area contributed by atoms with Crippen LogP contribution in [0.1, 0.15) is 18.0 Å². The number of ether oxygens (including phenoxy) is 1. The molecule has 0 radical (unpaired) electrons. The number of hydrogen-bond donors (Lipinski definition) is 2. The van der Waals surface area contributed by atoms with Crippen LogP contribution in [0.15, 0.2) is 47.4 Å². The van der Waals surface area contributed by atoms with Crippen LogP contribution in [-0.4, -0.2) is 18.9 Å². The van der Waals surface area contributed by atoms with Crippen molar-refractivity contribution in [2.24, 2.45) is 0 Å². The van der Waals surface area contributed by atoms with Gasteiger partial charge >= 0.3 is 6.03 Å². The molecular weight excluding hydrogens is 332 g/mol. The number of thioether (sulfide) groups is 1. The molecule has 2 amide bonds. The number of amides is 2. The molecule has 3 rings (SSSR count). The highest BCUT2D eigenvalue weighted by molar-refractivity contribution is 7.99. The first-order valence-electron chi connectivity index (χ1n) is 7.30. The molecule has 0 aromatic heterocycles. The zero-order valence-electron chi connectivity index (χ0n) is 12.6. The van der Waals surface area contributed by atoms with E-state index in [1.54, 1.807) is 24.9 Å². The summed E-state index contributed by atoms with van der Waals surface area (Å²) in [4.78, 5) is 13.5. The van der Waals surface area contributed by atoms with E-state index >= 15 is 0 Å². The van der Waals surface area contributed by atoms with Crippen molar-refractivity contribution in [2.45, 2.75) is 17.4 Å². The Morgan fingerprint density at radius 1 is 1.30 bits per heavy atom. The van der Waals surface area contributed by atoms with E-state index in [2.05, 4.69) is 10.6 Å². The lowest BCUT2D eigenvalue weighted by molar-refractivity contribution is 0.248. The van der Waals surface area contributed by atoms with E-state index in [9.17, 15) is 4.79 Å². The van der Waals surface area contributed by atoms with Crippen molar-refractivity contribution in [2.75, 3.05) is 18.2 Å². The second kappa shape index (κ2) is 7.15. The Balaban J connectivity index is 1.73. The first-order valence-corrected chi connectivity index (χ1v) is 8.66. The van der Waals surface area contributed by atoms with Gasteiger partial charge in [-0.15, -0.1) is 11.8 Å². The van der Waals surface area contributed by atoms with Crippen LogP contribution in [-0.2, 0) is 0 Å². The molecule has 0 saturated heterocycles. The monoisotopic (exact) mass is 348 g/mol. The number of rotatable bonds is 3. The highest BCUT2D eigenvalue weighted by Gasteiger charge is 2.23. The van der Waals surface area contributed by atoms with Crippen molar-refractivity contribution in [1.29, 1.82) is 0 Å². The normalized spacial score (nSPS) is 16.3. The SMILES string of the molecule is COc1ccccc1NC(=O)N[C@H]1CCSc2ccc(Cl)cc21. The summed E-state index contributed by atoms with van der Waals surface area (Å²) in [6.07, 6.45) is 0.872. The van der Waals surface area contributed by atoms with Crippen molar-refractivity contribution >= 4 is 35.1 Å². The zero-order chi connectivity index (χ0) is 16.2. The summed E-state index contributed by atoms with van der Waals surface area (Å²) >= 11 is 7.88. The predicted octanol–water partition coefficient (Wildman–Crippen LogP) is 4.71. The summed E-state index contributed by atoms with van der Waals surface area (Å²) in [6, 6.07) is 12.8. The Morgan fingerprint density at radius 2 is 2.13 bits per heavy atom. The Morgan fingerprint density at radius 3 is 2.96 bits per heavy atom. The van der Waals surface area contributed by atoms with E-state index in [0.717, 1.165) is 17.7 Å². The molecule has 2 aromatic carbocycles. The quantitative estimate of drug-likeness (QED) is 0.844. The Bertz CT molecular complexity index is 723. The molecule has 6 heteroatoms. The van der Waals surface area contributed by atoms with Crippen LogP contribution >= 0.6 is 23.4 Å². The molecule has 1 aliphatic rings. The van der Waals surface area contributed by atoms with Crippen LogP contribution in [0.4, 0.5) is 10.5 Å². The van der Waals surface area contributed by atoms with Crippen LogP contribution in [0.2, 0.25) is 5.02 Å². The van der Waals surface area contributed by atoms with Crippen LogP contribution < -0.4 is 15.4 Å². The van der Waals surface area contributed by atoms with Crippen LogP contribution in [0.3, 0.4) is 0 Å². The highest BCUT2D eigenvalue weighted by atomic mass is 35.5. The fourth-order valence-corrected chi connectivity index (χ4v) is 3.87. The number of fused-ring (bicyclic) bond motifs is 1. The van der Waals surface area contributed by atoms with E-state index in [1.165, 1.54) is 4.90 Å². The maximum absolute atomic E-state index is 12.3. The van der Waals surface area contributed by atoms with E-state index in [4.69, 9.17) is 16.3 Å². The topological polar surface area (TPSA) is 50.4 Å². The van der Waals surface area contributed by atoms with Gasteiger partial charge in [0.05, 0.1) is 18.8 Å². The van der Waals surface area contributed by atoms with Gasteiger partial charge in [0.1, 0.15) is 5.75 Å². The van der Waals surface area contributed by atoms with Crippen molar-refractivity contribution < 1.29 is 9.53 Å². The molecule has 1 atom stereocenters. The lowest BCUT2D eigenvalue weighted by Crippen LogP contribution is -2.34. The maximum Gasteiger partial charge on any atom is 0.319 e. The summed E-state index contributed by atoms with van der Waals surface area (Å²) in [7, 11) is 1.58. The van der Waals surface area contributed by atoms with Gasteiger partial charge in [-0.1, -0.05) is 23.7 Å². The molecule has 0 unspecified atom stereocenters. The number of carbonyl (C=O) groups excluding carboxylic acids is 1. The van der Waals surface area contributed by atoms with Gasteiger partial charge < -0.3 is 15.4 Å². The number of hydrogen-bond acceptors (Lipinski definition) is 3. The fourth-order valence-electron chi connectivity index (χ4n) is 2.58. The third-order valence-corrected chi connectivity index (χ3v) is 5.03. The van der Waals surface area contributed by atoms with Crippen LogP contribution in [0.25, 0.3) is 0 Å². The number of methoxy groups -OCH3 is 1. The summed E-state index contributed by atoms with van der Waals surface area (Å²) in [6.45, 7) is 0. The molecule has 0 aliphatic carbocycles. The lowest BCUT2D eigenvalue weighted by Gasteiger charge is -2.26. The van der Waals surface area contributed by atoms with Crippen molar-refractivity contribution in [3.05, 3.63) is 53.1 Å². The third kappa shape index (κ3) is 3.74. The predicted molar refractivity (Wildman–Crippen MR) is 94.7 cm³/mol. The fraction of sp³-hybridized carbons (Fsp3) is 0.235.